The molecule has 1 aliphatic rings. The molecule has 8 heteroatoms. The molecule has 2 aromatic rings. The third-order valence-electron chi connectivity index (χ3n) is 6.02. The Bertz CT molecular complexity index is 1080. The van der Waals surface area contributed by atoms with Crippen LogP contribution in [0.15, 0.2) is 48.0 Å². The summed E-state index contributed by atoms with van der Waals surface area (Å²) in [5.74, 6) is 0.00902. The summed E-state index contributed by atoms with van der Waals surface area (Å²) in [5, 5.41) is 11.2. The van der Waals surface area contributed by atoms with E-state index >= 15 is 0 Å². The number of nitrogens with zero attached hydrogens (tertiary/aromatic N) is 1. The van der Waals surface area contributed by atoms with Crippen molar-refractivity contribution in [1.82, 2.24) is 4.90 Å². The minimum absolute atomic E-state index is 0.0142. The Morgan fingerprint density at radius 3 is 2.33 bits per heavy atom. The summed E-state index contributed by atoms with van der Waals surface area (Å²) in [6.45, 7) is 5.44. The van der Waals surface area contributed by atoms with Crippen LogP contribution < -0.4 is 14.2 Å². The number of likely N-dealkylation sites (tertiary alicyclic amines) is 1. The van der Waals surface area contributed by atoms with Gasteiger partial charge in [-0.15, -0.1) is 0 Å². The molecule has 0 aromatic heterocycles. The molecule has 0 aliphatic carbocycles. The van der Waals surface area contributed by atoms with Crippen LogP contribution in [0.3, 0.4) is 0 Å². The first-order valence-corrected chi connectivity index (χ1v) is 12.3. The van der Waals surface area contributed by atoms with Crippen LogP contribution in [0.2, 0.25) is 0 Å². The van der Waals surface area contributed by atoms with E-state index in [9.17, 15) is 14.7 Å². The SMILES string of the molecule is CCCCCOc1ccc(/C(O)=C2/C(=O)C(=O)N(CCOC)C2c2ccc(OC)c(OCC)c2)cc1. The van der Waals surface area contributed by atoms with E-state index in [-0.39, 0.29) is 24.5 Å². The number of unbranched alkanes of at least 4 members (excludes halogenated alkanes) is 2. The molecule has 1 saturated heterocycles. The molecule has 1 heterocycles. The lowest BCUT2D eigenvalue weighted by molar-refractivity contribution is -0.140. The molecule has 2 aromatic carbocycles. The molecule has 0 saturated carbocycles. The lowest BCUT2D eigenvalue weighted by Gasteiger charge is -2.25. The normalized spacial score (nSPS) is 16.9. The Balaban J connectivity index is 2.02. The molecule has 194 valence electrons. The van der Waals surface area contributed by atoms with Gasteiger partial charge in [0.25, 0.3) is 11.7 Å². The second-order valence-corrected chi connectivity index (χ2v) is 8.41. The van der Waals surface area contributed by atoms with Gasteiger partial charge in [0.2, 0.25) is 0 Å². The Morgan fingerprint density at radius 2 is 1.69 bits per heavy atom. The standard InChI is InChI=1S/C28H35NO7/c1-5-7-8-16-36-21-12-9-19(10-13-21)26(30)24-25(29(15-17-33-3)28(32)27(24)31)20-11-14-22(34-4)23(18-20)35-6-2/h9-14,18,25,30H,5-8,15-17H2,1-4H3/b26-24-. The average molecular weight is 498 g/mol. The summed E-state index contributed by atoms with van der Waals surface area (Å²) >= 11 is 0. The van der Waals surface area contributed by atoms with Gasteiger partial charge < -0.3 is 29.0 Å². The highest BCUT2D eigenvalue weighted by Gasteiger charge is 2.46. The van der Waals surface area contributed by atoms with Gasteiger partial charge in [-0.3, -0.25) is 9.59 Å². The number of amides is 1. The summed E-state index contributed by atoms with van der Waals surface area (Å²) in [5.41, 5.74) is 1.05. The highest BCUT2D eigenvalue weighted by atomic mass is 16.5. The number of hydrogen-bond acceptors (Lipinski definition) is 7. The zero-order valence-electron chi connectivity index (χ0n) is 21.4. The number of hydrogen-bond donors (Lipinski definition) is 1. The molecule has 0 spiro atoms. The highest BCUT2D eigenvalue weighted by Crippen LogP contribution is 2.42. The van der Waals surface area contributed by atoms with Crippen molar-refractivity contribution in [3.05, 3.63) is 59.2 Å². The molecule has 8 nitrogen and oxygen atoms in total. The molecule has 0 bridgehead atoms. The first-order valence-electron chi connectivity index (χ1n) is 12.3. The maximum absolute atomic E-state index is 13.2. The lowest BCUT2D eigenvalue weighted by Crippen LogP contribution is -2.32. The maximum Gasteiger partial charge on any atom is 0.295 e. The monoisotopic (exact) mass is 497 g/mol. The summed E-state index contributed by atoms with van der Waals surface area (Å²) in [4.78, 5) is 27.6. The zero-order chi connectivity index (χ0) is 26.1. The minimum Gasteiger partial charge on any atom is -0.507 e. The van der Waals surface area contributed by atoms with E-state index in [2.05, 4.69) is 6.92 Å². The van der Waals surface area contributed by atoms with Crippen molar-refractivity contribution >= 4 is 17.4 Å². The number of benzene rings is 2. The van der Waals surface area contributed by atoms with Crippen LogP contribution in [-0.2, 0) is 14.3 Å². The molecular weight excluding hydrogens is 462 g/mol. The summed E-state index contributed by atoms with van der Waals surface area (Å²) in [6.07, 6.45) is 3.17. The van der Waals surface area contributed by atoms with Crippen LogP contribution in [0.1, 0.15) is 50.3 Å². The van der Waals surface area contributed by atoms with Gasteiger partial charge in [0.15, 0.2) is 11.5 Å². The first kappa shape index (κ1) is 27.1. The fourth-order valence-electron chi connectivity index (χ4n) is 4.19. The summed E-state index contributed by atoms with van der Waals surface area (Å²) in [6, 6.07) is 11.3. The van der Waals surface area contributed by atoms with Crippen LogP contribution in [0.5, 0.6) is 17.2 Å². The highest BCUT2D eigenvalue weighted by molar-refractivity contribution is 6.46. The van der Waals surface area contributed by atoms with Crippen LogP contribution in [0, 0.1) is 0 Å². The number of ether oxygens (including phenoxy) is 4. The van der Waals surface area contributed by atoms with Gasteiger partial charge in [0, 0.05) is 19.2 Å². The predicted molar refractivity (Wildman–Crippen MR) is 137 cm³/mol. The Kier molecular flexibility index (Phi) is 9.76. The molecule has 1 amide bonds. The van der Waals surface area contributed by atoms with Gasteiger partial charge in [0.1, 0.15) is 11.5 Å². The second kappa shape index (κ2) is 13.0. The number of carbonyl (C=O) groups excluding carboxylic acids is 2. The van der Waals surface area contributed by atoms with E-state index in [0.29, 0.717) is 41.6 Å². The molecular formula is C28H35NO7. The molecule has 36 heavy (non-hydrogen) atoms. The third-order valence-corrected chi connectivity index (χ3v) is 6.02. The van der Waals surface area contributed by atoms with Gasteiger partial charge in [-0.2, -0.15) is 0 Å². The molecule has 1 atom stereocenters. The molecule has 1 aliphatic heterocycles. The van der Waals surface area contributed by atoms with E-state index in [1.165, 1.54) is 12.0 Å². The summed E-state index contributed by atoms with van der Waals surface area (Å²) in [7, 11) is 3.07. The van der Waals surface area contributed by atoms with E-state index in [1.54, 1.807) is 49.6 Å². The topological polar surface area (TPSA) is 94.5 Å². The van der Waals surface area contributed by atoms with Crippen LogP contribution >= 0.6 is 0 Å². The van der Waals surface area contributed by atoms with Crippen molar-refractivity contribution in [2.45, 2.75) is 39.2 Å². The number of aliphatic hydroxyl groups excluding tert-OH is 1. The van der Waals surface area contributed by atoms with Gasteiger partial charge >= 0.3 is 0 Å². The maximum atomic E-state index is 13.2. The number of Topliss-reactive ketones (excluding diaryl/α,β-unsaturated/α-hetero) is 1. The largest absolute Gasteiger partial charge is 0.507 e. The van der Waals surface area contributed by atoms with E-state index in [1.807, 2.05) is 6.92 Å². The van der Waals surface area contributed by atoms with E-state index < -0.39 is 17.7 Å². The fraction of sp³-hybridized carbons (Fsp3) is 0.429. The van der Waals surface area contributed by atoms with Crippen LogP contribution in [0.25, 0.3) is 5.76 Å². The van der Waals surface area contributed by atoms with Crippen molar-refractivity contribution in [1.29, 1.82) is 0 Å². The van der Waals surface area contributed by atoms with Crippen molar-refractivity contribution in [3.8, 4) is 17.2 Å². The smallest absolute Gasteiger partial charge is 0.295 e. The number of rotatable bonds is 13. The Hall–Kier alpha value is -3.52. The fourth-order valence-corrected chi connectivity index (χ4v) is 4.19. The predicted octanol–water partition coefficient (Wildman–Crippen LogP) is 4.73. The Morgan fingerprint density at radius 1 is 0.944 bits per heavy atom. The van der Waals surface area contributed by atoms with Crippen LogP contribution in [0.4, 0.5) is 0 Å². The zero-order valence-corrected chi connectivity index (χ0v) is 21.4. The number of aliphatic hydroxyl groups is 1. The van der Waals surface area contributed by atoms with Crippen molar-refractivity contribution in [2.24, 2.45) is 0 Å². The van der Waals surface area contributed by atoms with E-state index in [0.717, 1.165) is 19.3 Å². The molecule has 3 rings (SSSR count). The summed E-state index contributed by atoms with van der Waals surface area (Å²) < 4.78 is 22.0. The molecule has 1 unspecified atom stereocenters. The van der Waals surface area contributed by atoms with Crippen molar-refractivity contribution in [2.75, 3.05) is 40.6 Å². The molecule has 0 radical (unpaired) electrons. The van der Waals surface area contributed by atoms with Gasteiger partial charge in [-0.25, -0.2) is 0 Å². The van der Waals surface area contributed by atoms with Gasteiger partial charge in [0.05, 0.1) is 38.5 Å². The quantitative estimate of drug-likeness (QED) is 0.185. The number of methoxy groups -OCH3 is 2. The first-order chi connectivity index (χ1) is 17.5. The number of carbonyl (C=O) groups is 2. The molecule has 1 fully saturated rings. The number of ketones is 1. The Labute approximate surface area is 212 Å². The molecule has 1 N–H and O–H groups in total. The van der Waals surface area contributed by atoms with Gasteiger partial charge in [-0.1, -0.05) is 25.8 Å². The minimum atomic E-state index is -0.810. The van der Waals surface area contributed by atoms with Crippen molar-refractivity contribution in [3.63, 3.8) is 0 Å². The second-order valence-electron chi connectivity index (χ2n) is 8.41. The average Bonchev–Trinajstić information content (AvgIpc) is 3.15. The third kappa shape index (κ3) is 5.99. The van der Waals surface area contributed by atoms with E-state index in [4.69, 9.17) is 18.9 Å². The van der Waals surface area contributed by atoms with Gasteiger partial charge in [-0.05, 0) is 55.3 Å². The van der Waals surface area contributed by atoms with Crippen molar-refractivity contribution < 1.29 is 33.6 Å². The van der Waals surface area contributed by atoms with Crippen LogP contribution in [-0.4, -0.2) is 62.3 Å². The lowest BCUT2D eigenvalue weighted by atomic mass is 9.95.